The van der Waals surface area contributed by atoms with Crippen LogP contribution in [0.4, 0.5) is 5.69 Å². The van der Waals surface area contributed by atoms with Gasteiger partial charge >= 0.3 is 0 Å². The van der Waals surface area contributed by atoms with Crippen molar-refractivity contribution in [3.05, 3.63) is 40.4 Å². The van der Waals surface area contributed by atoms with Crippen molar-refractivity contribution in [2.24, 2.45) is 12.0 Å². The normalized spacial score (nSPS) is 14.9. The van der Waals surface area contributed by atoms with Gasteiger partial charge in [0.25, 0.3) is 0 Å². The average Bonchev–Trinajstić information content (AvgIpc) is 2.90. The van der Waals surface area contributed by atoms with E-state index in [0.29, 0.717) is 12.2 Å². The fraction of sp³-hybridized carbons (Fsp3) is 0.167. The maximum atomic E-state index is 9.89. The number of fused-ring (bicyclic) bond motifs is 1. The molecule has 5 heteroatoms. The Bertz CT molecular complexity index is 621. The molecule has 3 heterocycles. The Kier molecular flexibility index (Phi) is 2.33. The van der Waals surface area contributed by atoms with Crippen LogP contribution in [0.15, 0.2) is 34.8 Å². The van der Waals surface area contributed by atoms with Crippen molar-refractivity contribution in [1.29, 1.82) is 0 Å². The standard InChI is InChI=1S/C12H11N3OS/c1-15-10(4-6-13-15)8-2-3-11(16)12-9(14-8)5-7-17-12/h3-7,16H,2H2,1H3. The summed E-state index contributed by atoms with van der Waals surface area (Å²) in [4.78, 5) is 5.44. The van der Waals surface area contributed by atoms with Crippen LogP contribution in [0.2, 0.25) is 0 Å². The number of thiophene rings is 1. The van der Waals surface area contributed by atoms with Gasteiger partial charge in [0.1, 0.15) is 5.76 Å². The first kappa shape index (κ1) is 10.3. The van der Waals surface area contributed by atoms with Gasteiger partial charge in [0.15, 0.2) is 0 Å². The van der Waals surface area contributed by atoms with Crippen molar-refractivity contribution in [3.8, 4) is 0 Å². The fourth-order valence-corrected chi connectivity index (χ4v) is 2.65. The van der Waals surface area contributed by atoms with E-state index in [9.17, 15) is 5.11 Å². The largest absolute Gasteiger partial charge is 0.507 e. The second kappa shape index (κ2) is 3.85. The third kappa shape index (κ3) is 1.68. The van der Waals surface area contributed by atoms with Gasteiger partial charge in [-0.3, -0.25) is 4.68 Å². The molecule has 0 spiro atoms. The number of aliphatic imine (C=N–C) groups is 1. The van der Waals surface area contributed by atoms with Gasteiger partial charge in [-0.05, 0) is 23.6 Å². The van der Waals surface area contributed by atoms with Crippen LogP contribution in [0.3, 0.4) is 0 Å². The van der Waals surface area contributed by atoms with Crippen LogP contribution in [0.5, 0.6) is 0 Å². The molecule has 0 atom stereocenters. The lowest BCUT2D eigenvalue weighted by atomic mass is 10.2. The van der Waals surface area contributed by atoms with Gasteiger partial charge in [0.2, 0.25) is 0 Å². The Labute approximate surface area is 103 Å². The number of allylic oxidation sites excluding steroid dienone is 1. The molecule has 0 amide bonds. The van der Waals surface area contributed by atoms with Crippen molar-refractivity contribution in [2.75, 3.05) is 0 Å². The van der Waals surface area contributed by atoms with Gasteiger partial charge in [0.05, 0.1) is 22.0 Å². The van der Waals surface area contributed by atoms with Crippen molar-refractivity contribution >= 4 is 28.5 Å². The molecule has 0 aromatic carbocycles. The maximum absolute atomic E-state index is 9.89. The Morgan fingerprint density at radius 1 is 1.41 bits per heavy atom. The molecule has 1 N–H and O–H groups in total. The summed E-state index contributed by atoms with van der Waals surface area (Å²) in [6, 6.07) is 3.85. The van der Waals surface area contributed by atoms with Crippen LogP contribution in [0.25, 0.3) is 5.76 Å². The Morgan fingerprint density at radius 2 is 2.29 bits per heavy atom. The molecule has 4 nitrogen and oxygen atoms in total. The van der Waals surface area contributed by atoms with Gasteiger partial charge in [-0.1, -0.05) is 0 Å². The number of rotatable bonds is 1. The van der Waals surface area contributed by atoms with Crippen LogP contribution in [-0.2, 0) is 7.05 Å². The number of aromatic nitrogens is 2. The highest BCUT2D eigenvalue weighted by atomic mass is 32.1. The van der Waals surface area contributed by atoms with Crippen LogP contribution in [-0.4, -0.2) is 20.6 Å². The average molecular weight is 245 g/mol. The zero-order valence-corrected chi connectivity index (χ0v) is 10.1. The number of nitrogens with zero attached hydrogens (tertiary/aromatic N) is 3. The summed E-state index contributed by atoms with van der Waals surface area (Å²) in [7, 11) is 1.89. The summed E-state index contributed by atoms with van der Waals surface area (Å²) >= 11 is 1.50. The molecule has 3 rings (SSSR count). The molecule has 0 saturated carbocycles. The topological polar surface area (TPSA) is 50.4 Å². The highest BCUT2D eigenvalue weighted by Crippen LogP contribution is 2.33. The van der Waals surface area contributed by atoms with Crippen LogP contribution in [0, 0.1) is 0 Å². The molecule has 0 radical (unpaired) electrons. The molecular formula is C12H11N3OS. The second-order valence-corrected chi connectivity index (χ2v) is 4.74. The molecule has 0 bridgehead atoms. The summed E-state index contributed by atoms with van der Waals surface area (Å²) in [6.07, 6.45) is 4.17. The van der Waals surface area contributed by atoms with E-state index in [1.165, 1.54) is 11.3 Å². The van der Waals surface area contributed by atoms with Crippen LogP contribution < -0.4 is 0 Å². The highest BCUT2D eigenvalue weighted by molar-refractivity contribution is 7.11. The van der Waals surface area contributed by atoms with Crippen LogP contribution in [0.1, 0.15) is 17.0 Å². The third-order valence-electron chi connectivity index (χ3n) is 2.74. The number of hydrogen-bond donors (Lipinski definition) is 1. The summed E-state index contributed by atoms with van der Waals surface area (Å²) < 4.78 is 1.79. The summed E-state index contributed by atoms with van der Waals surface area (Å²) in [6.45, 7) is 0. The first-order chi connectivity index (χ1) is 8.25. The van der Waals surface area contributed by atoms with E-state index in [1.54, 1.807) is 17.0 Å². The first-order valence-corrected chi connectivity index (χ1v) is 6.16. The van der Waals surface area contributed by atoms with Crippen molar-refractivity contribution in [3.63, 3.8) is 0 Å². The third-order valence-corrected chi connectivity index (χ3v) is 3.66. The smallest absolute Gasteiger partial charge is 0.131 e. The first-order valence-electron chi connectivity index (χ1n) is 5.28. The fourth-order valence-electron chi connectivity index (χ4n) is 1.88. The molecule has 1 aliphatic heterocycles. The van der Waals surface area contributed by atoms with Gasteiger partial charge < -0.3 is 5.11 Å². The second-order valence-electron chi connectivity index (χ2n) is 3.83. The minimum atomic E-state index is 0.316. The number of hydrogen-bond acceptors (Lipinski definition) is 4. The molecule has 2 aromatic rings. The lowest BCUT2D eigenvalue weighted by Crippen LogP contribution is -2.06. The van der Waals surface area contributed by atoms with E-state index in [0.717, 1.165) is 22.0 Å². The number of aliphatic hydroxyl groups is 1. The Morgan fingerprint density at radius 3 is 3.06 bits per heavy atom. The molecule has 0 fully saturated rings. The summed E-state index contributed by atoms with van der Waals surface area (Å²) in [5, 5.41) is 16.0. The van der Waals surface area contributed by atoms with Gasteiger partial charge in [0, 0.05) is 19.7 Å². The summed E-state index contributed by atoms with van der Waals surface area (Å²) in [5.41, 5.74) is 2.74. The monoisotopic (exact) mass is 245 g/mol. The molecule has 17 heavy (non-hydrogen) atoms. The predicted molar refractivity (Wildman–Crippen MR) is 68.9 cm³/mol. The molecule has 0 unspecified atom stereocenters. The van der Waals surface area contributed by atoms with E-state index in [2.05, 4.69) is 10.1 Å². The maximum Gasteiger partial charge on any atom is 0.131 e. The zero-order chi connectivity index (χ0) is 11.8. The van der Waals surface area contributed by atoms with Crippen molar-refractivity contribution in [1.82, 2.24) is 9.78 Å². The Balaban J connectivity index is 2.14. The zero-order valence-electron chi connectivity index (χ0n) is 9.29. The van der Waals surface area contributed by atoms with E-state index in [1.807, 2.05) is 24.6 Å². The van der Waals surface area contributed by atoms with Crippen molar-refractivity contribution in [2.45, 2.75) is 6.42 Å². The van der Waals surface area contributed by atoms with Gasteiger partial charge in [-0.25, -0.2) is 4.99 Å². The lowest BCUT2D eigenvalue weighted by Gasteiger charge is -2.02. The lowest BCUT2D eigenvalue weighted by molar-refractivity contribution is 0.513. The van der Waals surface area contributed by atoms with E-state index in [4.69, 9.17) is 0 Å². The summed E-state index contributed by atoms with van der Waals surface area (Å²) in [5.74, 6) is 0.316. The minimum Gasteiger partial charge on any atom is -0.507 e. The molecular weight excluding hydrogens is 234 g/mol. The number of aliphatic hydroxyl groups excluding tert-OH is 1. The SMILES string of the molecule is Cn1nccc1C1=Nc2ccsc2C(O)=CC1. The minimum absolute atomic E-state index is 0.316. The molecule has 0 saturated heterocycles. The quantitative estimate of drug-likeness (QED) is 0.839. The van der Waals surface area contributed by atoms with Crippen LogP contribution >= 0.6 is 11.3 Å². The molecule has 2 aromatic heterocycles. The number of aryl methyl sites for hydroxylation is 1. The highest BCUT2D eigenvalue weighted by Gasteiger charge is 2.15. The predicted octanol–water partition coefficient (Wildman–Crippen LogP) is 2.91. The van der Waals surface area contributed by atoms with E-state index >= 15 is 0 Å². The molecule has 0 aliphatic carbocycles. The van der Waals surface area contributed by atoms with E-state index in [-0.39, 0.29) is 0 Å². The van der Waals surface area contributed by atoms with Gasteiger partial charge in [-0.15, -0.1) is 11.3 Å². The molecule has 86 valence electrons. The molecule has 1 aliphatic rings. The Hall–Kier alpha value is -1.88. The van der Waals surface area contributed by atoms with E-state index < -0.39 is 0 Å². The van der Waals surface area contributed by atoms with Gasteiger partial charge in [-0.2, -0.15) is 5.10 Å². The van der Waals surface area contributed by atoms with Crippen molar-refractivity contribution < 1.29 is 5.11 Å².